The zero-order chi connectivity index (χ0) is 24.0. The van der Waals surface area contributed by atoms with Crippen molar-refractivity contribution in [2.75, 3.05) is 7.05 Å². The number of nitrogens with zero attached hydrogens (tertiary/aromatic N) is 2. The van der Waals surface area contributed by atoms with Crippen LogP contribution in [0.2, 0.25) is 5.02 Å². The van der Waals surface area contributed by atoms with E-state index in [9.17, 15) is 13.2 Å². The standard InChI is InChI=1S/C26H21ClN2O3S2/c1-16-3-5-21(11-23(16)27)34(31,32)15-17-9-19(13-28-12-17)25-8-7-24(33-25)18-4-6-22-20(10-18)14-29(2)26(22)30/h3-13H,14-15H2,1-2H3. The van der Waals surface area contributed by atoms with E-state index < -0.39 is 9.84 Å². The predicted molar refractivity (Wildman–Crippen MR) is 136 cm³/mol. The summed E-state index contributed by atoms with van der Waals surface area (Å²) in [5.74, 6) is -0.100. The number of aromatic nitrogens is 1. The molecule has 1 aliphatic heterocycles. The van der Waals surface area contributed by atoms with Gasteiger partial charge in [-0.1, -0.05) is 23.7 Å². The van der Waals surface area contributed by atoms with Gasteiger partial charge in [-0.15, -0.1) is 11.3 Å². The van der Waals surface area contributed by atoms with Crippen LogP contribution in [0.5, 0.6) is 0 Å². The molecule has 2 aromatic carbocycles. The summed E-state index contributed by atoms with van der Waals surface area (Å²) in [6.07, 6.45) is 3.32. The third kappa shape index (κ3) is 4.27. The Morgan fingerprint density at radius 1 is 1.00 bits per heavy atom. The molecule has 0 unspecified atom stereocenters. The lowest BCUT2D eigenvalue weighted by atomic mass is 10.1. The van der Waals surface area contributed by atoms with Gasteiger partial charge >= 0.3 is 0 Å². The first-order valence-corrected chi connectivity index (χ1v) is 13.5. The lowest BCUT2D eigenvalue weighted by molar-refractivity contribution is 0.0816. The second-order valence-electron chi connectivity index (χ2n) is 8.45. The van der Waals surface area contributed by atoms with Crippen LogP contribution < -0.4 is 0 Å². The summed E-state index contributed by atoms with van der Waals surface area (Å²) in [4.78, 5) is 20.4. The molecule has 1 amide bonds. The molecule has 0 fully saturated rings. The van der Waals surface area contributed by atoms with Gasteiger partial charge in [-0.05, 0) is 71.6 Å². The van der Waals surface area contributed by atoms with Gasteiger partial charge in [0.1, 0.15) is 0 Å². The van der Waals surface area contributed by atoms with Crippen LogP contribution in [0, 0.1) is 6.92 Å². The molecule has 8 heteroatoms. The highest BCUT2D eigenvalue weighted by molar-refractivity contribution is 7.90. The lowest BCUT2D eigenvalue weighted by Crippen LogP contribution is -2.17. The van der Waals surface area contributed by atoms with Gasteiger partial charge in [0.05, 0.1) is 10.6 Å². The maximum Gasteiger partial charge on any atom is 0.254 e. The molecule has 3 heterocycles. The van der Waals surface area contributed by atoms with Crippen LogP contribution in [0.15, 0.2) is 71.9 Å². The van der Waals surface area contributed by atoms with Gasteiger partial charge < -0.3 is 4.90 Å². The molecule has 5 rings (SSSR count). The zero-order valence-corrected chi connectivity index (χ0v) is 21.0. The van der Waals surface area contributed by atoms with Crippen LogP contribution in [0.3, 0.4) is 0 Å². The largest absolute Gasteiger partial charge is 0.337 e. The first-order valence-electron chi connectivity index (χ1n) is 10.6. The fraction of sp³-hybridized carbons (Fsp3) is 0.154. The number of carbonyl (C=O) groups excluding carboxylic acids is 1. The molecule has 0 saturated heterocycles. The first-order chi connectivity index (χ1) is 16.2. The highest BCUT2D eigenvalue weighted by atomic mass is 35.5. The third-order valence-corrected chi connectivity index (χ3v) is 9.20. The Bertz CT molecular complexity index is 1540. The predicted octanol–water partition coefficient (Wildman–Crippen LogP) is 6.00. The monoisotopic (exact) mass is 508 g/mol. The van der Waals surface area contributed by atoms with Gasteiger partial charge in [-0.3, -0.25) is 9.78 Å². The Hall–Kier alpha value is -3.00. The van der Waals surface area contributed by atoms with Crippen molar-refractivity contribution < 1.29 is 13.2 Å². The van der Waals surface area contributed by atoms with E-state index in [1.807, 2.05) is 37.3 Å². The summed E-state index contributed by atoms with van der Waals surface area (Å²) >= 11 is 7.74. The minimum atomic E-state index is -3.56. The number of aryl methyl sites for hydroxylation is 1. The number of rotatable bonds is 5. The van der Waals surface area contributed by atoms with Crippen LogP contribution in [-0.4, -0.2) is 31.3 Å². The molecule has 5 nitrogen and oxygen atoms in total. The number of thiophene rings is 1. The van der Waals surface area contributed by atoms with E-state index in [1.54, 1.807) is 47.8 Å². The molecule has 172 valence electrons. The summed E-state index contributed by atoms with van der Waals surface area (Å²) in [5, 5.41) is 0.432. The summed E-state index contributed by atoms with van der Waals surface area (Å²) in [6, 6.07) is 16.6. The maximum absolute atomic E-state index is 12.9. The Kier molecular flexibility index (Phi) is 5.80. The van der Waals surface area contributed by atoms with Gasteiger partial charge in [0.2, 0.25) is 0 Å². The minimum absolute atomic E-state index is 0.0548. The molecule has 0 atom stereocenters. The smallest absolute Gasteiger partial charge is 0.254 e. The minimum Gasteiger partial charge on any atom is -0.337 e. The SMILES string of the molecule is Cc1ccc(S(=O)(=O)Cc2cncc(-c3ccc(-c4ccc5c(c4)CN(C)C5=O)s3)c2)cc1Cl. The quantitative estimate of drug-likeness (QED) is 0.331. The van der Waals surface area contributed by atoms with Gasteiger partial charge in [0.25, 0.3) is 5.91 Å². The van der Waals surface area contributed by atoms with E-state index in [0.717, 1.165) is 37.6 Å². The lowest BCUT2D eigenvalue weighted by Gasteiger charge is -2.07. The molecule has 0 saturated carbocycles. The number of halogens is 1. The second kappa shape index (κ2) is 8.65. The molecule has 0 aliphatic carbocycles. The number of fused-ring (bicyclic) bond motifs is 1. The number of benzene rings is 2. The number of carbonyl (C=O) groups is 1. The van der Waals surface area contributed by atoms with Crippen molar-refractivity contribution in [1.82, 2.24) is 9.88 Å². The summed E-state index contributed by atoms with van der Waals surface area (Å²) in [6.45, 7) is 2.45. The van der Waals surface area contributed by atoms with Gasteiger partial charge in [-0.25, -0.2) is 8.42 Å². The average Bonchev–Trinajstić information content (AvgIpc) is 3.40. The Balaban J connectivity index is 1.40. The number of amides is 1. The fourth-order valence-electron chi connectivity index (χ4n) is 4.04. The fourth-order valence-corrected chi connectivity index (χ4v) is 6.60. The van der Waals surface area contributed by atoms with E-state index in [2.05, 4.69) is 11.1 Å². The number of hydrogen-bond acceptors (Lipinski definition) is 5. The third-order valence-electron chi connectivity index (χ3n) is 5.92. The Morgan fingerprint density at radius 3 is 2.53 bits per heavy atom. The highest BCUT2D eigenvalue weighted by Crippen LogP contribution is 2.36. The molecule has 2 aromatic heterocycles. The summed E-state index contributed by atoms with van der Waals surface area (Å²) in [5.41, 5.74) is 5.16. The topological polar surface area (TPSA) is 67.3 Å². The van der Waals surface area contributed by atoms with Crippen molar-refractivity contribution in [3.05, 3.63) is 94.3 Å². The van der Waals surface area contributed by atoms with Crippen molar-refractivity contribution in [2.45, 2.75) is 24.1 Å². The Morgan fingerprint density at radius 2 is 1.76 bits per heavy atom. The van der Waals surface area contributed by atoms with E-state index >= 15 is 0 Å². The van der Waals surface area contributed by atoms with Crippen molar-refractivity contribution >= 4 is 38.7 Å². The number of pyridine rings is 1. The molecule has 1 aliphatic rings. The van der Waals surface area contributed by atoms with Crippen LogP contribution >= 0.6 is 22.9 Å². The first kappa shape index (κ1) is 22.8. The van der Waals surface area contributed by atoms with Crippen molar-refractivity contribution in [3.8, 4) is 20.9 Å². The van der Waals surface area contributed by atoms with Gasteiger partial charge in [0.15, 0.2) is 9.84 Å². The molecule has 0 N–H and O–H groups in total. The normalized spacial score (nSPS) is 13.4. The van der Waals surface area contributed by atoms with E-state index in [4.69, 9.17) is 11.6 Å². The summed E-state index contributed by atoms with van der Waals surface area (Å²) < 4.78 is 25.9. The number of sulfone groups is 1. The zero-order valence-electron chi connectivity index (χ0n) is 18.6. The molecular formula is C26H21ClN2O3S2. The average molecular weight is 509 g/mol. The van der Waals surface area contributed by atoms with E-state index in [1.165, 1.54) is 6.07 Å². The molecule has 34 heavy (non-hydrogen) atoms. The van der Waals surface area contributed by atoms with Crippen LogP contribution in [-0.2, 0) is 22.1 Å². The second-order valence-corrected chi connectivity index (χ2v) is 11.9. The number of hydrogen-bond donors (Lipinski definition) is 0. The molecule has 4 aromatic rings. The molecule has 0 radical (unpaired) electrons. The van der Waals surface area contributed by atoms with Crippen molar-refractivity contribution in [2.24, 2.45) is 0 Å². The van der Waals surface area contributed by atoms with E-state index in [0.29, 0.717) is 17.1 Å². The van der Waals surface area contributed by atoms with Crippen LogP contribution in [0.1, 0.15) is 27.0 Å². The molecular weight excluding hydrogens is 488 g/mol. The van der Waals surface area contributed by atoms with Crippen molar-refractivity contribution in [1.29, 1.82) is 0 Å². The highest BCUT2D eigenvalue weighted by Gasteiger charge is 2.24. The van der Waals surface area contributed by atoms with Crippen molar-refractivity contribution in [3.63, 3.8) is 0 Å². The Labute approximate surface area is 207 Å². The maximum atomic E-state index is 12.9. The van der Waals surface area contributed by atoms with Gasteiger partial charge in [-0.2, -0.15) is 0 Å². The molecule has 0 bridgehead atoms. The van der Waals surface area contributed by atoms with Gasteiger partial charge in [0, 0.05) is 51.9 Å². The van der Waals surface area contributed by atoms with Crippen LogP contribution in [0.4, 0.5) is 0 Å². The van der Waals surface area contributed by atoms with Crippen LogP contribution in [0.25, 0.3) is 20.9 Å². The summed E-state index contributed by atoms with van der Waals surface area (Å²) in [7, 11) is -1.75. The molecule has 0 spiro atoms. The van der Waals surface area contributed by atoms with E-state index in [-0.39, 0.29) is 16.6 Å².